The summed E-state index contributed by atoms with van der Waals surface area (Å²) in [6.07, 6.45) is 5.39. The Labute approximate surface area is 152 Å². The number of anilines is 1. The average molecular weight is 357 g/mol. The number of pyridine rings is 1. The van der Waals surface area contributed by atoms with E-state index in [2.05, 4.69) is 9.88 Å². The van der Waals surface area contributed by atoms with Gasteiger partial charge in [-0.3, -0.25) is 19.4 Å². The number of urea groups is 1. The van der Waals surface area contributed by atoms with Gasteiger partial charge in [0.15, 0.2) is 0 Å². The number of aromatic nitrogens is 1. The van der Waals surface area contributed by atoms with Gasteiger partial charge in [-0.05, 0) is 25.0 Å². The van der Waals surface area contributed by atoms with Crippen LogP contribution in [0.2, 0.25) is 0 Å². The molecule has 0 aromatic carbocycles. The molecule has 26 heavy (non-hydrogen) atoms. The van der Waals surface area contributed by atoms with Gasteiger partial charge < -0.3 is 4.90 Å². The molecule has 138 valence electrons. The molecule has 1 aromatic rings. The molecule has 8 nitrogen and oxygen atoms in total. The number of imide groups is 2. The van der Waals surface area contributed by atoms with E-state index in [1.807, 2.05) is 23.1 Å². The maximum atomic E-state index is 12.6. The fourth-order valence-electron chi connectivity index (χ4n) is 3.99. The van der Waals surface area contributed by atoms with E-state index in [0.29, 0.717) is 13.1 Å². The molecule has 2 saturated heterocycles. The molecule has 4 amide bonds. The van der Waals surface area contributed by atoms with E-state index in [1.165, 1.54) is 4.90 Å². The fraction of sp³-hybridized carbons (Fsp3) is 0.556. The van der Waals surface area contributed by atoms with Crippen LogP contribution in [0.25, 0.3) is 0 Å². The van der Waals surface area contributed by atoms with Crippen LogP contribution in [0.3, 0.4) is 0 Å². The highest BCUT2D eigenvalue weighted by Gasteiger charge is 2.48. The van der Waals surface area contributed by atoms with Gasteiger partial charge in [0.2, 0.25) is 0 Å². The molecule has 0 spiro atoms. The van der Waals surface area contributed by atoms with Crippen LogP contribution in [0.4, 0.5) is 10.6 Å². The minimum absolute atomic E-state index is 0.107. The van der Waals surface area contributed by atoms with Crippen LogP contribution < -0.4 is 4.90 Å². The van der Waals surface area contributed by atoms with Crippen molar-refractivity contribution in [2.24, 2.45) is 0 Å². The number of carbonyl (C=O) groups excluding carboxylic acids is 3. The Bertz CT molecular complexity index is 696. The van der Waals surface area contributed by atoms with Gasteiger partial charge in [0.1, 0.15) is 5.82 Å². The molecule has 0 radical (unpaired) electrons. The van der Waals surface area contributed by atoms with Crippen LogP contribution in [0.15, 0.2) is 24.4 Å². The first kappa shape index (κ1) is 17.0. The van der Waals surface area contributed by atoms with E-state index in [0.717, 1.165) is 49.5 Å². The van der Waals surface area contributed by atoms with E-state index in [-0.39, 0.29) is 12.7 Å². The second kappa shape index (κ2) is 7.03. The van der Waals surface area contributed by atoms with Gasteiger partial charge in [-0.25, -0.2) is 14.7 Å². The van der Waals surface area contributed by atoms with Crippen LogP contribution in [0, 0.1) is 0 Å². The van der Waals surface area contributed by atoms with Gasteiger partial charge in [0, 0.05) is 38.4 Å². The zero-order chi connectivity index (χ0) is 18.1. The van der Waals surface area contributed by atoms with E-state index >= 15 is 0 Å². The van der Waals surface area contributed by atoms with Crippen molar-refractivity contribution in [2.45, 2.75) is 31.7 Å². The molecule has 1 aliphatic carbocycles. The number of rotatable bonds is 4. The topological polar surface area (TPSA) is 77.1 Å². The van der Waals surface area contributed by atoms with Crippen LogP contribution in [0.1, 0.15) is 25.7 Å². The molecule has 0 N–H and O–H groups in total. The molecular formula is C18H23N5O3. The Kier molecular flexibility index (Phi) is 4.58. The van der Waals surface area contributed by atoms with Crippen molar-refractivity contribution >= 4 is 23.7 Å². The van der Waals surface area contributed by atoms with Crippen LogP contribution in [-0.2, 0) is 9.59 Å². The SMILES string of the molecule is O=C1C(=O)N(C2CCCC2)C(=O)N1CN1CCN(c2ccccn2)CC1. The lowest BCUT2D eigenvalue weighted by molar-refractivity contribution is -0.144. The largest absolute Gasteiger partial charge is 0.354 e. The zero-order valence-electron chi connectivity index (χ0n) is 14.7. The molecule has 3 fully saturated rings. The first-order chi connectivity index (χ1) is 12.6. The highest BCUT2D eigenvalue weighted by Crippen LogP contribution is 2.28. The number of hydrogen-bond donors (Lipinski definition) is 0. The van der Waals surface area contributed by atoms with E-state index in [9.17, 15) is 14.4 Å². The van der Waals surface area contributed by atoms with Crippen molar-refractivity contribution in [3.8, 4) is 0 Å². The summed E-state index contributed by atoms with van der Waals surface area (Å²) >= 11 is 0. The van der Waals surface area contributed by atoms with Gasteiger partial charge in [-0.2, -0.15) is 0 Å². The summed E-state index contributed by atoms with van der Waals surface area (Å²) in [7, 11) is 0. The Morgan fingerprint density at radius 1 is 0.962 bits per heavy atom. The summed E-state index contributed by atoms with van der Waals surface area (Å²) < 4.78 is 0. The number of nitrogens with zero attached hydrogens (tertiary/aromatic N) is 5. The monoisotopic (exact) mass is 357 g/mol. The minimum Gasteiger partial charge on any atom is -0.354 e. The van der Waals surface area contributed by atoms with Crippen molar-refractivity contribution in [1.29, 1.82) is 0 Å². The van der Waals surface area contributed by atoms with E-state index in [4.69, 9.17) is 0 Å². The highest BCUT2D eigenvalue weighted by atomic mass is 16.2. The standard InChI is InChI=1S/C18H23N5O3/c24-16-17(25)23(14-5-1-2-6-14)18(26)22(16)13-20-9-11-21(12-10-20)15-7-3-4-8-19-15/h3-4,7-8,14H,1-2,5-6,9-13H2. The van der Waals surface area contributed by atoms with Crippen LogP contribution in [0.5, 0.6) is 0 Å². The number of hydrogen-bond acceptors (Lipinski definition) is 6. The molecule has 3 aliphatic rings. The molecule has 2 aliphatic heterocycles. The fourth-order valence-corrected chi connectivity index (χ4v) is 3.99. The third-order valence-electron chi connectivity index (χ3n) is 5.46. The number of amides is 4. The third kappa shape index (κ3) is 3.05. The second-order valence-corrected chi connectivity index (χ2v) is 7.06. The summed E-state index contributed by atoms with van der Waals surface area (Å²) in [4.78, 5) is 48.1. The molecule has 1 saturated carbocycles. The van der Waals surface area contributed by atoms with E-state index in [1.54, 1.807) is 6.20 Å². The zero-order valence-corrected chi connectivity index (χ0v) is 14.7. The maximum absolute atomic E-state index is 12.6. The van der Waals surface area contributed by atoms with Gasteiger partial charge in [0.25, 0.3) is 0 Å². The quantitative estimate of drug-likeness (QED) is 0.588. The second-order valence-electron chi connectivity index (χ2n) is 7.06. The Morgan fingerprint density at radius 2 is 1.69 bits per heavy atom. The maximum Gasteiger partial charge on any atom is 0.335 e. The smallest absolute Gasteiger partial charge is 0.335 e. The summed E-state index contributed by atoms with van der Waals surface area (Å²) in [6, 6.07) is 5.27. The van der Waals surface area contributed by atoms with Crippen molar-refractivity contribution < 1.29 is 14.4 Å². The van der Waals surface area contributed by atoms with Gasteiger partial charge >= 0.3 is 17.8 Å². The Morgan fingerprint density at radius 3 is 2.35 bits per heavy atom. The van der Waals surface area contributed by atoms with Crippen molar-refractivity contribution in [2.75, 3.05) is 37.7 Å². The molecule has 4 rings (SSSR count). The first-order valence-electron chi connectivity index (χ1n) is 9.22. The molecule has 1 aromatic heterocycles. The molecule has 0 bridgehead atoms. The molecule has 3 heterocycles. The molecule has 0 atom stereocenters. The predicted molar refractivity (Wildman–Crippen MR) is 94.2 cm³/mol. The summed E-state index contributed by atoms with van der Waals surface area (Å²) in [5, 5.41) is 0. The molecule has 8 heteroatoms. The lowest BCUT2D eigenvalue weighted by Gasteiger charge is -2.36. The Balaban J connectivity index is 1.36. The lowest BCUT2D eigenvalue weighted by Crippen LogP contribution is -2.51. The Hall–Kier alpha value is -2.48. The third-order valence-corrected chi connectivity index (χ3v) is 5.46. The van der Waals surface area contributed by atoms with Gasteiger partial charge in [-0.15, -0.1) is 0 Å². The summed E-state index contributed by atoms with van der Waals surface area (Å²) in [5.74, 6) is -0.411. The van der Waals surface area contributed by atoms with Crippen molar-refractivity contribution in [3.63, 3.8) is 0 Å². The normalized spacial score (nSPS) is 22.8. The van der Waals surface area contributed by atoms with Gasteiger partial charge in [-0.1, -0.05) is 18.9 Å². The highest BCUT2D eigenvalue weighted by molar-refractivity contribution is 6.44. The minimum atomic E-state index is -0.686. The van der Waals surface area contributed by atoms with Crippen LogP contribution in [-0.4, -0.2) is 76.4 Å². The summed E-state index contributed by atoms with van der Waals surface area (Å²) in [6.45, 7) is 3.15. The molecule has 0 unspecified atom stereocenters. The predicted octanol–water partition coefficient (Wildman–Crippen LogP) is 0.894. The van der Waals surface area contributed by atoms with Gasteiger partial charge in [0.05, 0.1) is 6.67 Å². The van der Waals surface area contributed by atoms with E-state index < -0.39 is 17.8 Å². The summed E-state index contributed by atoms with van der Waals surface area (Å²) in [5.41, 5.74) is 0. The van der Waals surface area contributed by atoms with Crippen molar-refractivity contribution in [1.82, 2.24) is 19.7 Å². The number of piperazine rings is 1. The lowest BCUT2D eigenvalue weighted by atomic mass is 10.2. The van der Waals surface area contributed by atoms with Crippen LogP contribution >= 0.6 is 0 Å². The first-order valence-corrected chi connectivity index (χ1v) is 9.22. The van der Waals surface area contributed by atoms with Crippen molar-refractivity contribution in [3.05, 3.63) is 24.4 Å². The number of carbonyl (C=O) groups is 3. The molecular weight excluding hydrogens is 334 g/mol. The average Bonchev–Trinajstić information content (AvgIpc) is 3.27.